The van der Waals surface area contributed by atoms with E-state index >= 15 is 0 Å². The normalized spacial score (nSPS) is 12.9. The lowest BCUT2D eigenvalue weighted by atomic mass is 9.98. The van der Waals surface area contributed by atoms with Crippen molar-refractivity contribution in [1.29, 1.82) is 0 Å². The third kappa shape index (κ3) is 11.1. The molecular weight excluding hydrogens is 702 g/mol. The van der Waals surface area contributed by atoms with E-state index in [1.165, 1.54) is 4.90 Å². The fraction of sp³-hybridized carbons (Fsp3) is 0.395. The van der Waals surface area contributed by atoms with E-state index in [0.717, 1.165) is 26.7 Å². The van der Waals surface area contributed by atoms with Gasteiger partial charge in [-0.25, -0.2) is 18.8 Å². The number of fused-ring (bicyclic) bond motifs is 3. The Hall–Kier alpha value is -5.34. The molecule has 53 heavy (non-hydrogen) atoms. The molecule has 0 heterocycles. The van der Waals surface area contributed by atoms with Crippen molar-refractivity contribution in [2.75, 3.05) is 44.8 Å². The van der Waals surface area contributed by atoms with Gasteiger partial charge >= 0.3 is 18.2 Å². The third-order valence-corrected chi connectivity index (χ3v) is 9.24. The number of rotatable bonds is 17. The summed E-state index contributed by atoms with van der Waals surface area (Å²) in [4.78, 5) is 65.4. The number of primary amides is 1. The number of carbonyl (C=O) groups excluding carboxylic acids is 5. The Labute approximate surface area is 314 Å². The van der Waals surface area contributed by atoms with Gasteiger partial charge in [0, 0.05) is 44.4 Å². The Morgan fingerprint density at radius 1 is 0.868 bits per heavy atom. The van der Waals surface area contributed by atoms with Crippen molar-refractivity contribution in [1.82, 2.24) is 26.2 Å². The number of nitrogens with zero attached hydrogens (tertiary/aromatic N) is 2. The fourth-order valence-electron chi connectivity index (χ4n) is 5.95. The number of hydrogen-bond donors (Lipinski definition) is 5. The molecule has 0 unspecified atom stereocenters. The van der Waals surface area contributed by atoms with E-state index in [1.807, 2.05) is 48.5 Å². The van der Waals surface area contributed by atoms with Gasteiger partial charge in [0.2, 0.25) is 5.91 Å². The van der Waals surface area contributed by atoms with Gasteiger partial charge in [0.1, 0.15) is 25.3 Å². The molecule has 0 spiro atoms. The number of nitrogens with two attached hydrogens (primary N) is 1. The van der Waals surface area contributed by atoms with Crippen molar-refractivity contribution in [3.63, 3.8) is 0 Å². The molecule has 6 N–H and O–H groups in total. The van der Waals surface area contributed by atoms with E-state index < -0.39 is 42.1 Å². The first-order valence-electron chi connectivity index (χ1n) is 17.5. The highest BCUT2D eigenvalue weighted by Gasteiger charge is 2.33. The third-order valence-electron chi connectivity index (χ3n) is 8.88. The molecule has 4 rings (SSSR count). The maximum atomic E-state index is 13.7. The van der Waals surface area contributed by atoms with Crippen LogP contribution in [0.4, 0.5) is 20.1 Å². The molecule has 6 amide bonds. The van der Waals surface area contributed by atoms with Gasteiger partial charge in [0.15, 0.2) is 0 Å². The van der Waals surface area contributed by atoms with E-state index in [1.54, 1.807) is 52.2 Å². The maximum absolute atomic E-state index is 13.7. The highest BCUT2D eigenvalue weighted by Crippen LogP contribution is 2.44. The van der Waals surface area contributed by atoms with Crippen LogP contribution < -0.4 is 31.4 Å². The van der Waals surface area contributed by atoms with Gasteiger partial charge in [-0.2, -0.15) is 0 Å². The molecule has 1 aliphatic carbocycles. The average Bonchev–Trinajstić information content (AvgIpc) is 3.48. The van der Waals surface area contributed by atoms with Crippen molar-refractivity contribution in [2.24, 2.45) is 11.7 Å². The highest BCUT2D eigenvalue weighted by molar-refractivity contribution is 6.37. The van der Waals surface area contributed by atoms with Gasteiger partial charge in [0.25, 0.3) is 5.91 Å². The lowest BCUT2D eigenvalue weighted by Gasteiger charge is -2.27. The molecule has 1 aliphatic rings. The molecule has 0 saturated carbocycles. The number of nitrogens with one attached hydrogen (secondary N) is 4. The zero-order valence-corrected chi connectivity index (χ0v) is 31.2. The summed E-state index contributed by atoms with van der Waals surface area (Å²) >= 11 is 6.52. The standard InChI is InChI=1S/C38H48ClN7O7/c1-24(2)33(44-37(50)52-23-31-29-12-7-5-10-27(29)28-11-6-8-13-30(28)31)34(47)43-32(14-9-19-42-36(40)49)35(48)46(39)26-17-15-25(16-18-26)22-53-38(51)45(4)21-20-41-3/h5-8,10-13,15-18,24,31-33,41H,9,14,19-23H2,1-4H3,(H,43,47)(H,44,50)(H3,40,42,49)/t32-,33-/m0/s1. The largest absolute Gasteiger partial charge is 0.449 e. The number of benzene rings is 3. The average molecular weight is 750 g/mol. The van der Waals surface area contributed by atoms with Crippen LogP contribution in [-0.2, 0) is 25.7 Å². The van der Waals surface area contributed by atoms with E-state index in [2.05, 4.69) is 21.3 Å². The van der Waals surface area contributed by atoms with Crippen LogP contribution in [0.25, 0.3) is 11.1 Å². The predicted molar refractivity (Wildman–Crippen MR) is 202 cm³/mol. The highest BCUT2D eigenvalue weighted by atomic mass is 35.5. The SMILES string of the molecule is CNCCN(C)C(=O)OCc1ccc(N(Cl)C(=O)[C@H](CCCNC(N)=O)NC(=O)[C@@H](NC(=O)OCC2c3ccccc3-c3ccccc32)C(C)C)cc1. The first kappa shape index (κ1) is 40.4. The molecule has 0 bridgehead atoms. The molecule has 0 radical (unpaired) electrons. The molecule has 0 fully saturated rings. The van der Waals surface area contributed by atoms with Crippen LogP contribution in [-0.4, -0.2) is 87.4 Å². The molecule has 14 nitrogen and oxygen atoms in total. The second-order valence-corrected chi connectivity index (χ2v) is 13.4. The van der Waals surface area contributed by atoms with Gasteiger partial charge in [-0.15, -0.1) is 0 Å². The molecule has 3 aromatic carbocycles. The van der Waals surface area contributed by atoms with Crippen molar-refractivity contribution >= 4 is 47.5 Å². The van der Waals surface area contributed by atoms with Crippen molar-refractivity contribution in [3.8, 4) is 11.1 Å². The second-order valence-electron chi connectivity index (χ2n) is 13.1. The summed E-state index contributed by atoms with van der Waals surface area (Å²) in [5.74, 6) is -1.80. The number of anilines is 1. The Bertz CT molecular complexity index is 1690. The summed E-state index contributed by atoms with van der Waals surface area (Å²) in [5.41, 5.74) is 10.5. The maximum Gasteiger partial charge on any atom is 0.409 e. The number of likely N-dealkylation sites (N-methyl/N-ethyl adjacent to an activating group) is 2. The Morgan fingerprint density at radius 2 is 1.49 bits per heavy atom. The van der Waals surface area contributed by atoms with E-state index in [-0.39, 0.29) is 44.4 Å². The predicted octanol–water partition coefficient (Wildman–Crippen LogP) is 4.46. The van der Waals surface area contributed by atoms with Crippen LogP contribution in [0.15, 0.2) is 72.8 Å². The van der Waals surface area contributed by atoms with Crippen LogP contribution in [0.2, 0.25) is 0 Å². The minimum atomic E-state index is -1.13. The number of halogens is 1. The number of alkyl carbamates (subject to hydrolysis) is 1. The van der Waals surface area contributed by atoms with Gasteiger partial charge < -0.3 is 41.4 Å². The van der Waals surface area contributed by atoms with Crippen LogP contribution >= 0.6 is 11.8 Å². The van der Waals surface area contributed by atoms with Crippen LogP contribution in [0.1, 0.15) is 49.3 Å². The summed E-state index contributed by atoms with van der Waals surface area (Å²) < 4.78 is 11.9. The van der Waals surface area contributed by atoms with Crippen LogP contribution in [0, 0.1) is 5.92 Å². The molecule has 3 aromatic rings. The molecule has 0 saturated heterocycles. The van der Waals surface area contributed by atoms with Gasteiger partial charge in [0.05, 0.1) is 5.69 Å². The number of amides is 6. The summed E-state index contributed by atoms with van der Waals surface area (Å²) in [6.45, 7) is 4.85. The Balaban J connectivity index is 1.39. The van der Waals surface area contributed by atoms with Gasteiger partial charge in [-0.3, -0.25) is 9.59 Å². The first-order valence-corrected chi connectivity index (χ1v) is 17.8. The van der Waals surface area contributed by atoms with E-state index in [4.69, 9.17) is 27.0 Å². The zero-order valence-electron chi connectivity index (χ0n) is 30.4. The lowest BCUT2D eigenvalue weighted by Crippen LogP contribution is -2.55. The molecule has 15 heteroatoms. The van der Waals surface area contributed by atoms with Crippen molar-refractivity contribution in [2.45, 2.75) is 51.3 Å². The molecular formula is C38H48ClN7O7. The minimum absolute atomic E-state index is 0.0120. The van der Waals surface area contributed by atoms with Crippen molar-refractivity contribution < 1.29 is 33.4 Å². The number of urea groups is 1. The van der Waals surface area contributed by atoms with E-state index in [0.29, 0.717) is 24.3 Å². The molecule has 2 atom stereocenters. The monoisotopic (exact) mass is 749 g/mol. The minimum Gasteiger partial charge on any atom is -0.449 e. The zero-order chi connectivity index (χ0) is 38.5. The number of ether oxygens (including phenoxy) is 2. The molecule has 284 valence electrons. The van der Waals surface area contributed by atoms with Gasteiger partial charge in [-0.05, 0) is 65.8 Å². The lowest BCUT2D eigenvalue weighted by molar-refractivity contribution is -0.129. The summed E-state index contributed by atoms with van der Waals surface area (Å²) in [6.07, 6.45) is -0.873. The van der Waals surface area contributed by atoms with Crippen LogP contribution in [0.5, 0.6) is 0 Å². The summed E-state index contributed by atoms with van der Waals surface area (Å²) in [6, 6.07) is 19.5. The smallest absolute Gasteiger partial charge is 0.409 e. The first-order chi connectivity index (χ1) is 25.4. The fourth-order valence-corrected chi connectivity index (χ4v) is 6.18. The quantitative estimate of drug-likeness (QED) is 0.0990. The number of carbonyl (C=O) groups is 5. The molecule has 0 aliphatic heterocycles. The van der Waals surface area contributed by atoms with Crippen molar-refractivity contribution in [3.05, 3.63) is 89.5 Å². The Morgan fingerprint density at radius 3 is 2.08 bits per heavy atom. The van der Waals surface area contributed by atoms with Crippen LogP contribution in [0.3, 0.4) is 0 Å². The number of hydrogen-bond acceptors (Lipinski definition) is 8. The Kier molecular flexibility index (Phi) is 14.9. The second kappa shape index (κ2) is 19.5. The summed E-state index contributed by atoms with van der Waals surface area (Å²) in [7, 11) is 3.43. The summed E-state index contributed by atoms with van der Waals surface area (Å²) in [5, 5.41) is 10.8. The van der Waals surface area contributed by atoms with Gasteiger partial charge in [-0.1, -0.05) is 74.5 Å². The molecule has 0 aromatic heterocycles. The topological polar surface area (TPSA) is 184 Å². The van der Waals surface area contributed by atoms with E-state index in [9.17, 15) is 24.0 Å².